The Labute approximate surface area is 374 Å². The fraction of sp³-hybridized carbons (Fsp3) is 0.982. The molecular formula is C57H114O2. The van der Waals surface area contributed by atoms with Gasteiger partial charge in [-0.3, -0.25) is 4.79 Å². The van der Waals surface area contributed by atoms with Crippen LogP contribution in [0.25, 0.3) is 0 Å². The highest BCUT2D eigenvalue weighted by molar-refractivity contribution is 5.76. The van der Waals surface area contributed by atoms with Gasteiger partial charge >= 0.3 is 5.97 Å². The third-order valence-electron chi connectivity index (χ3n) is 13.9. The van der Waals surface area contributed by atoms with Gasteiger partial charge in [0.15, 0.2) is 0 Å². The van der Waals surface area contributed by atoms with Crippen LogP contribution in [0.15, 0.2) is 0 Å². The third kappa shape index (κ3) is 42.5. The molecule has 0 N–H and O–H groups in total. The average Bonchev–Trinajstić information content (AvgIpc) is 3.24. The number of carbonyl (C=O) groups excluding carboxylic acids is 1. The quantitative estimate of drug-likeness (QED) is 0.0451. The van der Waals surface area contributed by atoms with Gasteiger partial charge < -0.3 is 4.74 Å². The first-order valence-electron chi connectivity index (χ1n) is 28.3. The van der Waals surface area contributed by atoms with Crippen LogP contribution in [0.5, 0.6) is 0 Å². The Hall–Kier alpha value is -0.530. The highest BCUT2D eigenvalue weighted by Gasteiger charge is 2.38. The van der Waals surface area contributed by atoms with Gasteiger partial charge in [-0.25, -0.2) is 0 Å². The van der Waals surface area contributed by atoms with Crippen LogP contribution >= 0.6 is 0 Å². The molecule has 0 heterocycles. The van der Waals surface area contributed by atoms with Crippen molar-refractivity contribution in [3.63, 3.8) is 0 Å². The number of carbonyl (C=O) groups is 1. The van der Waals surface area contributed by atoms with Gasteiger partial charge in [-0.1, -0.05) is 323 Å². The Kier molecular flexibility index (Phi) is 49.7. The van der Waals surface area contributed by atoms with Gasteiger partial charge in [0.1, 0.15) is 0 Å². The van der Waals surface area contributed by atoms with Gasteiger partial charge in [-0.05, 0) is 25.7 Å². The Morgan fingerprint density at radius 2 is 0.424 bits per heavy atom. The maximum absolute atomic E-state index is 14.3. The molecule has 59 heavy (non-hydrogen) atoms. The number of rotatable bonds is 52. The topological polar surface area (TPSA) is 26.3 Å². The van der Waals surface area contributed by atoms with E-state index in [2.05, 4.69) is 27.7 Å². The Morgan fingerprint density at radius 3 is 0.627 bits per heavy atom. The lowest BCUT2D eigenvalue weighted by Crippen LogP contribution is -2.34. The van der Waals surface area contributed by atoms with Crippen LogP contribution in [0.4, 0.5) is 0 Å². The predicted molar refractivity (Wildman–Crippen MR) is 267 cm³/mol. The molecule has 0 radical (unpaired) electrons. The zero-order chi connectivity index (χ0) is 42.8. The molecule has 0 aliphatic carbocycles. The van der Waals surface area contributed by atoms with E-state index in [-0.39, 0.29) is 11.4 Å². The molecule has 2 heteroatoms. The molecule has 0 saturated carbocycles. The van der Waals surface area contributed by atoms with E-state index in [1.54, 1.807) is 0 Å². The van der Waals surface area contributed by atoms with Crippen molar-refractivity contribution in [3.05, 3.63) is 0 Å². The first kappa shape index (κ1) is 58.5. The first-order valence-corrected chi connectivity index (χ1v) is 28.3. The van der Waals surface area contributed by atoms with Crippen molar-refractivity contribution in [2.24, 2.45) is 5.41 Å². The van der Waals surface area contributed by atoms with E-state index in [4.69, 9.17) is 4.74 Å². The van der Waals surface area contributed by atoms with Crippen molar-refractivity contribution in [1.29, 1.82) is 0 Å². The normalized spacial score (nSPS) is 11.9. The molecule has 0 aromatic carbocycles. The van der Waals surface area contributed by atoms with Gasteiger partial charge in [0, 0.05) is 0 Å². The minimum absolute atomic E-state index is 0.192. The molecule has 0 aromatic rings. The first-order chi connectivity index (χ1) is 29.2. The highest BCUT2D eigenvalue weighted by Crippen LogP contribution is 2.39. The summed E-state index contributed by atoms with van der Waals surface area (Å²) < 4.78 is 6.32. The van der Waals surface area contributed by atoms with Crippen molar-refractivity contribution < 1.29 is 9.53 Å². The molecule has 0 atom stereocenters. The summed E-state index contributed by atoms with van der Waals surface area (Å²) in [6, 6.07) is 0. The smallest absolute Gasteiger partial charge is 0.312 e. The van der Waals surface area contributed by atoms with E-state index in [1.807, 2.05) is 0 Å². The second kappa shape index (κ2) is 50.1. The van der Waals surface area contributed by atoms with Gasteiger partial charge in [0.25, 0.3) is 0 Å². The van der Waals surface area contributed by atoms with E-state index in [0.29, 0.717) is 6.61 Å². The molecule has 0 aliphatic heterocycles. The summed E-state index contributed by atoms with van der Waals surface area (Å²) in [7, 11) is 0. The van der Waals surface area contributed by atoms with Crippen LogP contribution in [-0.4, -0.2) is 12.6 Å². The number of hydrogen-bond donors (Lipinski definition) is 0. The minimum Gasteiger partial charge on any atom is -0.465 e. The van der Waals surface area contributed by atoms with Crippen LogP contribution in [0, 0.1) is 5.41 Å². The summed E-state index contributed by atoms with van der Waals surface area (Å²) in [5, 5.41) is 0. The number of esters is 1. The Balaban J connectivity index is 4.97. The summed E-state index contributed by atoms with van der Waals surface area (Å²) in [5.74, 6) is 0.192. The molecule has 0 aliphatic rings. The summed E-state index contributed by atoms with van der Waals surface area (Å²) >= 11 is 0. The molecule has 0 fully saturated rings. The minimum atomic E-state index is -0.242. The fourth-order valence-electron chi connectivity index (χ4n) is 9.68. The van der Waals surface area contributed by atoms with Crippen LogP contribution in [0.2, 0.25) is 0 Å². The number of hydrogen-bond acceptors (Lipinski definition) is 2. The largest absolute Gasteiger partial charge is 0.465 e. The lowest BCUT2D eigenvalue weighted by molar-refractivity contribution is -0.158. The van der Waals surface area contributed by atoms with Gasteiger partial charge in [0.2, 0.25) is 0 Å². The van der Waals surface area contributed by atoms with E-state index in [1.165, 1.54) is 295 Å². The van der Waals surface area contributed by atoms with Gasteiger partial charge in [0.05, 0.1) is 12.0 Å². The molecule has 0 spiro atoms. The molecule has 0 bridgehead atoms. The lowest BCUT2D eigenvalue weighted by atomic mass is 9.74. The number of unbranched alkanes of at least 4 members (excludes halogenated alkanes) is 43. The van der Waals surface area contributed by atoms with Crippen molar-refractivity contribution in [2.75, 3.05) is 6.61 Å². The van der Waals surface area contributed by atoms with Crippen LogP contribution in [0.1, 0.15) is 349 Å². The van der Waals surface area contributed by atoms with E-state index in [9.17, 15) is 4.79 Å². The molecule has 0 amide bonds. The highest BCUT2D eigenvalue weighted by atomic mass is 16.5. The van der Waals surface area contributed by atoms with E-state index in [0.717, 1.165) is 25.7 Å². The summed E-state index contributed by atoms with van der Waals surface area (Å²) in [4.78, 5) is 14.3. The summed E-state index contributed by atoms with van der Waals surface area (Å²) in [6.45, 7) is 9.88. The zero-order valence-electron chi connectivity index (χ0n) is 41.9. The molecule has 0 rings (SSSR count). The zero-order valence-corrected chi connectivity index (χ0v) is 41.9. The maximum atomic E-state index is 14.3. The van der Waals surface area contributed by atoms with Crippen LogP contribution in [-0.2, 0) is 9.53 Å². The van der Waals surface area contributed by atoms with Crippen LogP contribution < -0.4 is 0 Å². The molecule has 0 unspecified atom stereocenters. The van der Waals surface area contributed by atoms with E-state index < -0.39 is 0 Å². The Bertz CT molecular complexity index is 745. The molecule has 0 saturated heterocycles. The average molecular weight is 832 g/mol. The second-order valence-corrected chi connectivity index (χ2v) is 19.9. The monoisotopic (exact) mass is 831 g/mol. The van der Waals surface area contributed by atoms with Crippen molar-refractivity contribution in [1.82, 2.24) is 0 Å². The van der Waals surface area contributed by atoms with Crippen molar-refractivity contribution in [3.8, 4) is 0 Å². The lowest BCUT2D eigenvalue weighted by Gasteiger charge is -2.32. The van der Waals surface area contributed by atoms with E-state index >= 15 is 0 Å². The molecule has 2 nitrogen and oxygen atoms in total. The van der Waals surface area contributed by atoms with Gasteiger partial charge in [-0.15, -0.1) is 0 Å². The third-order valence-corrected chi connectivity index (χ3v) is 13.9. The van der Waals surface area contributed by atoms with Crippen molar-refractivity contribution >= 4 is 5.97 Å². The fourth-order valence-corrected chi connectivity index (χ4v) is 9.68. The molecule has 354 valence electrons. The summed E-state index contributed by atoms with van der Waals surface area (Å²) in [6.07, 6.45) is 67.5. The van der Waals surface area contributed by atoms with Crippen LogP contribution in [0.3, 0.4) is 0 Å². The standard InChI is InChI=1S/C57H114O2/c1-5-9-13-17-21-25-28-31-34-37-41-45-49-53-57(52-48-44-40-24-20-16-12-8-4,54-50-46-42-38-35-32-29-26-22-18-14-10-6-2)56(58)59-55-51-47-43-39-36-33-30-27-23-19-15-11-7-3/h5-55H2,1-4H3. The predicted octanol–water partition coefficient (Wildman–Crippen LogP) is 21.1. The SMILES string of the molecule is CCCCCCCCCCCCCCCOC(=O)C(CCCCCCCCCC)(CCCCCCCCCCCCCCC)CCCCCCCCCCCCCCC. The second-order valence-electron chi connectivity index (χ2n) is 19.9. The van der Waals surface area contributed by atoms with Crippen molar-refractivity contribution in [2.45, 2.75) is 349 Å². The molecule has 0 aromatic heterocycles. The van der Waals surface area contributed by atoms with Gasteiger partial charge in [-0.2, -0.15) is 0 Å². The number of ether oxygens (including phenoxy) is 1. The summed E-state index contributed by atoms with van der Waals surface area (Å²) in [5.41, 5.74) is -0.242. The Morgan fingerprint density at radius 1 is 0.254 bits per heavy atom. The molecular weight excluding hydrogens is 717 g/mol. The maximum Gasteiger partial charge on any atom is 0.312 e.